The first kappa shape index (κ1) is 8.11. The minimum absolute atomic E-state index is 0.202. The fraction of sp³-hybridized carbons (Fsp3) is 0.125. The molecule has 1 rings (SSSR count). The molecule has 0 heterocycles. The van der Waals surface area contributed by atoms with Gasteiger partial charge in [0.15, 0.2) is 0 Å². The Morgan fingerprint density at radius 2 is 1.91 bits per heavy atom. The van der Waals surface area contributed by atoms with E-state index < -0.39 is 11.6 Å². The van der Waals surface area contributed by atoms with Gasteiger partial charge in [0.2, 0.25) is 0 Å². The van der Waals surface area contributed by atoms with Gasteiger partial charge in [-0.15, -0.1) is 0 Å². The first-order valence-corrected chi connectivity index (χ1v) is 3.24. The van der Waals surface area contributed by atoms with E-state index in [-0.39, 0.29) is 5.46 Å². The number of hydrogen-bond donors (Lipinski definition) is 0. The fourth-order valence-corrected chi connectivity index (χ4v) is 0.819. The molecule has 0 aliphatic rings. The van der Waals surface area contributed by atoms with E-state index in [4.69, 9.17) is 0 Å². The molecule has 1 aromatic rings. The summed E-state index contributed by atoms with van der Waals surface area (Å²) in [6.07, 6.45) is 0. The van der Waals surface area contributed by atoms with E-state index in [0.29, 0.717) is 5.56 Å². The summed E-state index contributed by atoms with van der Waals surface area (Å²) in [6, 6.07) is 3.02. The second-order valence-electron chi connectivity index (χ2n) is 2.30. The van der Waals surface area contributed by atoms with Crippen LogP contribution in [-0.4, -0.2) is 13.4 Å². The SMILES string of the molecule is C=Bc1ccc(C)c(F)c1F. The second-order valence-corrected chi connectivity index (χ2v) is 2.30. The van der Waals surface area contributed by atoms with Crippen molar-refractivity contribution in [2.45, 2.75) is 6.92 Å². The summed E-state index contributed by atoms with van der Waals surface area (Å²) in [4.78, 5) is 0. The average Bonchev–Trinajstić information content (AvgIpc) is 2.01. The number of aryl methyl sites for hydroxylation is 1. The van der Waals surface area contributed by atoms with E-state index in [1.807, 2.05) is 0 Å². The van der Waals surface area contributed by atoms with Crippen LogP contribution in [0, 0.1) is 18.6 Å². The Labute approximate surface area is 64.8 Å². The van der Waals surface area contributed by atoms with Crippen LogP contribution in [0.1, 0.15) is 5.56 Å². The summed E-state index contributed by atoms with van der Waals surface area (Å²) in [7, 11) is 0. The molecular formula is C8H7BF2. The maximum atomic E-state index is 12.8. The Balaban J connectivity index is 3.36. The molecule has 0 nitrogen and oxygen atoms in total. The molecule has 0 aromatic heterocycles. The Morgan fingerprint density at radius 1 is 1.27 bits per heavy atom. The maximum absolute atomic E-state index is 12.8. The monoisotopic (exact) mass is 152 g/mol. The molecule has 0 amide bonds. The van der Waals surface area contributed by atoms with E-state index >= 15 is 0 Å². The second kappa shape index (κ2) is 2.95. The third kappa shape index (κ3) is 1.37. The molecule has 0 saturated carbocycles. The zero-order valence-electron chi connectivity index (χ0n) is 6.20. The molecular weight excluding hydrogens is 145 g/mol. The Kier molecular flexibility index (Phi) is 2.18. The topological polar surface area (TPSA) is 0 Å². The van der Waals surface area contributed by atoms with Crippen molar-refractivity contribution in [3.63, 3.8) is 0 Å². The normalized spacial score (nSPS) is 9.36. The Morgan fingerprint density at radius 3 is 2.45 bits per heavy atom. The van der Waals surface area contributed by atoms with Crippen molar-refractivity contribution >= 4 is 18.9 Å². The molecule has 0 unspecified atom stereocenters. The predicted octanol–water partition coefficient (Wildman–Crippen LogP) is 1.03. The molecule has 11 heavy (non-hydrogen) atoms. The molecule has 0 saturated heterocycles. The van der Waals surface area contributed by atoms with Crippen LogP contribution in [0.2, 0.25) is 0 Å². The van der Waals surface area contributed by atoms with Gasteiger partial charge in [-0.25, -0.2) is 0 Å². The third-order valence-electron chi connectivity index (χ3n) is 1.53. The van der Waals surface area contributed by atoms with Gasteiger partial charge >= 0.3 is 63.9 Å². The van der Waals surface area contributed by atoms with Crippen molar-refractivity contribution in [3.05, 3.63) is 29.3 Å². The Hall–Kier alpha value is -0.985. The van der Waals surface area contributed by atoms with Crippen molar-refractivity contribution in [1.29, 1.82) is 0 Å². The van der Waals surface area contributed by atoms with E-state index in [2.05, 4.69) is 6.47 Å². The van der Waals surface area contributed by atoms with Crippen molar-refractivity contribution in [2.24, 2.45) is 0 Å². The van der Waals surface area contributed by atoms with Crippen LogP contribution in [0.4, 0.5) is 8.78 Å². The van der Waals surface area contributed by atoms with Crippen molar-refractivity contribution in [3.8, 4) is 0 Å². The first-order valence-electron chi connectivity index (χ1n) is 3.24. The van der Waals surface area contributed by atoms with Gasteiger partial charge < -0.3 is 0 Å². The number of benzene rings is 1. The van der Waals surface area contributed by atoms with Crippen molar-refractivity contribution in [1.82, 2.24) is 0 Å². The van der Waals surface area contributed by atoms with Crippen LogP contribution in [0.15, 0.2) is 12.1 Å². The molecule has 0 aliphatic heterocycles. The number of halogens is 2. The summed E-state index contributed by atoms with van der Waals surface area (Å²) in [5.41, 5.74) is 0.515. The van der Waals surface area contributed by atoms with E-state index in [1.165, 1.54) is 26.0 Å². The molecule has 0 aliphatic carbocycles. The van der Waals surface area contributed by atoms with Crippen LogP contribution >= 0.6 is 0 Å². The molecule has 1 aromatic carbocycles. The van der Waals surface area contributed by atoms with Crippen molar-refractivity contribution < 1.29 is 8.78 Å². The summed E-state index contributed by atoms with van der Waals surface area (Å²) in [5.74, 6) is -1.61. The van der Waals surface area contributed by atoms with Crippen LogP contribution in [0.5, 0.6) is 0 Å². The van der Waals surface area contributed by atoms with Gasteiger partial charge in [0.1, 0.15) is 0 Å². The fourth-order valence-electron chi connectivity index (χ4n) is 0.819. The van der Waals surface area contributed by atoms with Crippen LogP contribution in [0.3, 0.4) is 0 Å². The third-order valence-corrected chi connectivity index (χ3v) is 1.53. The van der Waals surface area contributed by atoms with Gasteiger partial charge in [-0.1, -0.05) is 0 Å². The zero-order chi connectivity index (χ0) is 8.43. The Bertz CT molecular complexity index is 294. The molecule has 0 atom stereocenters. The molecule has 0 N–H and O–H groups in total. The van der Waals surface area contributed by atoms with Crippen LogP contribution in [0.25, 0.3) is 0 Å². The quantitative estimate of drug-likeness (QED) is 0.527. The van der Waals surface area contributed by atoms with Gasteiger partial charge in [0, 0.05) is 0 Å². The standard InChI is InChI=1S/C8H7BF2/c1-5-3-4-6(9-2)8(11)7(5)10/h3-4H,2H2,1H3. The zero-order valence-corrected chi connectivity index (χ0v) is 6.20. The van der Waals surface area contributed by atoms with Gasteiger partial charge in [-0.2, -0.15) is 0 Å². The van der Waals surface area contributed by atoms with E-state index in [9.17, 15) is 8.78 Å². The molecule has 56 valence electrons. The van der Waals surface area contributed by atoms with Gasteiger partial charge in [0.25, 0.3) is 0 Å². The minimum atomic E-state index is -0.819. The van der Waals surface area contributed by atoms with E-state index in [1.54, 1.807) is 0 Å². The van der Waals surface area contributed by atoms with Gasteiger partial charge in [0.05, 0.1) is 0 Å². The molecule has 3 heteroatoms. The molecule has 0 spiro atoms. The molecule has 0 radical (unpaired) electrons. The van der Waals surface area contributed by atoms with Gasteiger partial charge in [-0.3, -0.25) is 0 Å². The first-order chi connectivity index (χ1) is 5.16. The summed E-state index contributed by atoms with van der Waals surface area (Å²) in [5, 5.41) is 0. The molecule has 0 fully saturated rings. The average molecular weight is 152 g/mol. The predicted molar refractivity (Wildman–Crippen MR) is 43.6 cm³/mol. The number of hydrogen-bond acceptors (Lipinski definition) is 0. The summed E-state index contributed by atoms with van der Waals surface area (Å²) >= 11 is 0. The molecule has 0 bridgehead atoms. The van der Waals surface area contributed by atoms with Crippen LogP contribution in [-0.2, 0) is 0 Å². The van der Waals surface area contributed by atoms with Gasteiger partial charge in [-0.05, 0) is 0 Å². The van der Waals surface area contributed by atoms with E-state index in [0.717, 1.165) is 0 Å². The summed E-state index contributed by atoms with van der Waals surface area (Å²) < 4.78 is 25.6. The van der Waals surface area contributed by atoms with Crippen LogP contribution < -0.4 is 5.46 Å². The number of rotatable bonds is 1. The summed E-state index contributed by atoms with van der Waals surface area (Å²) in [6.45, 7) is 6.16. The van der Waals surface area contributed by atoms with Crippen molar-refractivity contribution in [2.75, 3.05) is 0 Å².